The first-order valence-corrected chi connectivity index (χ1v) is 8.66. The summed E-state index contributed by atoms with van der Waals surface area (Å²) in [5.74, 6) is 0.134. The normalized spacial score (nSPS) is 16.8. The van der Waals surface area contributed by atoms with Crippen LogP contribution in [0.4, 0.5) is 0 Å². The number of rotatable bonds is 4. The molecule has 0 unspecified atom stereocenters. The van der Waals surface area contributed by atoms with Crippen LogP contribution in [-0.4, -0.2) is 29.2 Å². The van der Waals surface area contributed by atoms with Gasteiger partial charge < -0.3 is 4.90 Å². The lowest BCUT2D eigenvalue weighted by Crippen LogP contribution is -2.35. The lowest BCUT2D eigenvalue weighted by Gasteiger charge is -2.23. The number of carbonyl (C=O) groups excluding carboxylic acids is 2. The van der Waals surface area contributed by atoms with Gasteiger partial charge in [-0.1, -0.05) is 31.2 Å². The van der Waals surface area contributed by atoms with Crippen LogP contribution >= 0.6 is 11.3 Å². The van der Waals surface area contributed by atoms with Crippen LogP contribution in [0.5, 0.6) is 0 Å². The average Bonchev–Trinajstić information content (AvgIpc) is 3.23. The van der Waals surface area contributed by atoms with Gasteiger partial charge in [-0.2, -0.15) is 0 Å². The Labute approximate surface area is 140 Å². The number of Topliss-reactive ketones (excluding diaryl/α,β-unsaturated/α-hetero) is 1. The molecule has 0 saturated carbocycles. The Bertz CT molecular complexity index is 758. The molecule has 2 heterocycles. The predicted molar refractivity (Wildman–Crippen MR) is 94.0 cm³/mol. The van der Waals surface area contributed by atoms with E-state index in [1.807, 2.05) is 46.7 Å². The number of hydrogen-bond acceptors (Lipinski definition) is 3. The van der Waals surface area contributed by atoms with Gasteiger partial charge in [-0.05, 0) is 42.5 Å². The Kier molecular flexibility index (Phi) is 4.44. The molecule has 0 saturated heterocycles. The van der Waals surface area contributed by atoms with Crippen LogP contribution in [0.2, 0.25) is 0 Å². The van der Waals surface area contributed by atoms with E-state index in [0.29, 0.717) is 12.1 Å². The number of benzene rings is 1. The minimum absolute atomic E-state index is 0.0607. The molecule has 1 aliphatic rings. The largest absolute Gasteiger partial charge is 0.329 e. The minimum Gasteiger partial charge on any atom is -0.329 e. The summed E-state index contributed by atoms with van der Waals surface area (Å²) in [7, 11) is 0. The van der Waals surface area contributed by atoms with Crippen molar-refractivity contribution in [3.8, 4) is 11.1 Å². The summed E-state index contributed by atoms with van der Waals surface area (Å²) in [6.45, 7) is 4.35. The molecule has 3 nitrogen and oxygen atoms in total. The zero-order valence-electron chi connectivity index (χ0n) is 13.3. The lowest BCUT2D eigenvalue weighted by atomic mass is 10.0. The molecular weight excluding hydrogens is 306 g/mol. The quantitative estimate of drug-likeness (QED) is 0.617. The van der Waals surface area contributed by atoms with Crippen LogP contribution in [0.15, 0.2) is 47.9 Å². The Morgan fingerprint density at radius 2 is 1.96 bits per heavy atom. The van der Waals surface area contributed by atoms with Crippen LogP contribution < -0.4 is 0 Å². The second-order valence-electron chi connectivity index (χ2n) is 5.66. The highest BCUT2D eigenvalue weighted by molar-refractivity contribution is 7.12. The van der Waals surface area contributed by atoms with Crippen molar-refractivity contribution in [1.82, 2.24) is 4.90 Å². The molecule has 0 fully saturated rings. The highest BCUT2D eigenvalue weighted by atomic mass is 32.1. The third-order valence-corrected chi connectivity index (χ3v) is 5.18. The third-order valence-electron chi connectivity index (χ3n) is 4.17. The van der Waals surface area contributed by atoms with Crippen molar-refractivity contribution in [2.45, 2.75) is 26.3 Å². The lowest BCUT2D eigenvalue weighted by molar-refractivity contribution is 0.0747. The van der Waals surface area contributed by atoms with Gasteiger partial charge in [-0.25, -0.2) is 0 Å². The average molecular weight is 325 g/mol. The molecule has 0 N–H and O–H groups in total. The van der Waals surface area contributed by atoms with Gasteiger partial charge in [0.15, 0.2) is 5.78 Å². The van der Waals surface area contributed by atoms with Crippen molar-refractivity contribution in [3.63, 3.8) is 0 Å². The van der Waals surface area contributed by atoms with E-state index in [1.54, 1.807) is 6.92 Å². The van der Waals surface area contributed by atoms with Gasteiger partial charge in [0, 0.05) is 17.7 Å². The molecule has 23 heavy (non-hydrogen) atoms. The highest BCUT2D eigenvalue weighted by Gasteiger charge is 2.24. The van der Waals surface area contributed by atoms with E-state index in [-0.39, 0.29) is 17.7 Å². The summed E-state index contributed by atoms with van der Waals surface area (Å²) in [4.78, 5) is 26.9. The van der Waals surface area contributed by atoms with E-state index in [4.69, 9.17) is 0 Å². The summed E-state index contributed by atoms with van der Waals surface area (Å²) in [5, 5.41) is 1.92. The standard InChI is InChI=1S/C19H19NO2S/c1-3-16-5-4-11-20(16)19(22)15-8-6-14(7-9-15)17-10-12-23-18(17)13(2)21/h4-10,12,16H,3,11H2,1-2H3/t16-/m1/s1. The summed E-state index contributed by atoms with van der Waals surface area (Å²) >= 11 is 1.45. The number of ketones is 1. The molecule has 1 amide bonds. The van der Waals surface area contributed by atoms with Crippen LogP contribution in [0.1, 0.15) is 40.3 Å². The van der Waals surface area contributed by atoms with Gasteiger partial charge in [-0.3, -0.25) is 9.59 Å². The molecule has 0 radical (unpaired) electrons. The first-order chi connectivity index (χ1) is 11.1. The first kappa shape index (κ1) is 15.7. The van der Waals surface area contributed by atoms with Crippen LogP contribution in [0.25, 0.3) is 11.1 Å². The maximum Gasteiger partial charge on any atom is 0.254 e. The van der Waals surface area contributed by atoms with E-state index >= 15 is 0 Å². The summed E-state index contributed by atoms with van der Waals surface area (Å²) in [5.41, 5.74) is 2.60. The Morgan fingerprint density at radius 3 is 2.61 bits per heavy atom. The molecule has 4 heteroatoms. The molecule has 1 aromatic heterocycles. The molecule has 1 aromatic carbocycles. The van der Waals surface area contributed by atoms with Crippen LogP contribution in [0.3, 0.4) is 0 Å². The number of hydrogen-bond donors (Lipinski definition) is 0. The first-order valence-electron chi connectivity index (χ1n) is 7.78. The van der Waals surface area contributed by atoms with Gasteiger partial charge >= 0.3 is 0 Å². The molecule has 2 aromatic rings. The molecule has 1 aliphatic heterocycles. The van der Waals surface area contributed by atoms with Gasteiger partial charge in [0.1, 0.15) is 0 Å². The smallest absolute Gasteiger partial charge is 0.254 e. The van der Waals surface area contributed by atoms with E-state index in [1.165, 1.54) is 11.3 Å². The Morgan fingerprint density at radius 1 is 1.22 bits per heavy atom. The SMILES string of the molecule is CC[C@@H]1C=CCN1C(=O)c1ccc(-c2ccsc2C(C)=O)cc1. The van der Waals surface area contributed by atoms with E-state index in [0.717, 1.165) is 22.4 Å². The minimum atomic E-state index is 0.0607. The fraction of sp³-hybridized carbons (Fsp3) is 0.263. The number of carbonyl (C=O) groups is 2. The summed E-state index contributed by atoms with van der Waals surface area (Å²) in [6, 6.07) is 9.70. The van der Waals surface area contributed by atoms with Gasteiger partial charge in [0.2, 0.25) is 0 Å². The molecule has 1 atom stereocenters. The molecule has 3 rings (SSSR count). The number of nitrogens with zero attached hydrogens (tertiary/aromatic N) is 1. The Balaban J connectivity index is 1.84. The fourth-order valence-corrected chi connectivity index (χ4v) is 3.75. The van der Waals surface area contributed by atoms with Gasteiger partial charge in [0.25, 0.3) is 5.91 Å². The van der Waals surface area contributed by atoms with Gasteiger partial charge in [-0.15, -0.1) is 11.3 Å². The van der Waals surface area contributed by atoms with Crippen LogP contribution in [0, 0.1) is 0 Å². The topological polar surface area (TPSA) is 37.4 Å². The predicted octanol–water partition coefficient (Wildman–Crippen LogP) is 4.41. The molecule has 118 valence electrons. The number of amides is 1. The second-order valence-corrected chi connectivity index (χ2v) is 6.57. The highest BCUT2D eigenvalue weighted by Crippen LogP contribution is 2.29. The van der Waals surface area contributed by atoms with E-state index in [2.05, 4.69) is 13.0 Å². The van der Waals surface area contributed by atoms with Crippen LogP contribution in [-0.2, 0) is 0 Å². The molecule has 0 bridgehead atoms. The maximum absolute atomic E-state index is 12.6. The van der Waals surface area contributed by atoms with Crippen molar-refractivity contribution >= 4 is 23.0 Å². The number of thiophene rings is 1. The van der Waals surface area contributed by atoms with E-state index < -0.39 is 0 Å². The monoisotopic (exact) mass is 325 g/mol. The molecular formula is C19H19NO2S. The van der Waals surface area contributed by atoms with Gasteiger partial charge in [0.05, 0.1) is 10.9 Å². The fourth-order valence-electron chi connectivity index (χ4n) is 2.93. The van der Waals surface area contributed by atoms with Crippen molar-refractivity contribution in [2.24, 2.45) is 0 Å². The van der Waals surface area contributed by atoms with Crippen molar-refractivity contribution < 1.29 is 9.59 Å². The molecule has 0 aliphatic carbocycles. The molecule has 0 spiro atoms. The van der Waals surface area contributed by atoms with Crippen molar-refractivity contribution in [2.75, 3.05) is 6.54 Å². The van der Waals surface area contributed by atoms with Crippen molar-refractivity contribution in [1.29, 1.82) is 0 Å². The van der Waals surface area contributed by atoms with Crippen molar-refractivity contribution in [3.05, 3.63) is 58.3 Å². The maximum atomic E-state index is 12.6. The zero-order valence-corrected chi connectivity index (χ0v) is 14.1. The second kappa shape index (κ2) is 6.50. The summed E-state index contributed by atoms with van der Waals surface area (Å²) < 4.78 is 0. The summed E-state index contributed by atoms with van der Waals surface area (Å²) in [6.07, 6.45) is 5.07. The Hall–Kier alpha value is -2.20. The third kappa shape index (κ3) is 2.99. The van der Waals surface area contributed by atoms with E-state index in [9.17, 15) is 9.59 Å². The zero-order chi connectivity index (χ0) is 16.4.